The fourth-order valence-electron chi connectivity index (χ4n) is 3.46. The minimum atomic E-state index is 0.639. The van der Waals surface area contributed by atoms with E-state index in [4.69, 9.17) is 23.2 Å². The lowest BCUT2D eigenvalue weighted by atomic mass is 10.0. The molecule has 0 unspecified atom stereocenters. The van der Waals surface area contributed by atoms with Gasteiger partial charge < -0.3 is 15.6 Å². The molecular weight excluding hydrogens is 360 g/mol. The number of H-pyrrole nitrogens is 1. The molecule has 3 aromatic rings. The molecule has 0 atom stereocenters. The molecule has 2 aromatic carbocycles. The van der Waals surface area contributed by atoms with Crippen molar-refractivity contribution in [3.8, 4) is 11.3 Å². The largest absolute Gasteiger partial charge is 0.401 e. The summed E-state index contributed by atoms with van der Waals surface area (Å²) >= 11 is 6.08. The molecule has 27 heavy (non-hydrogen) atoms. The predicted molar refractivity (Wildman–Crippen MR) is 110 cm³/mol. The maximum Gasteiger partial charge on any atom is 0.0795 e. The number of halogens is 1. The van der Waals surface area contributed by atoms with Crippen molar-refractivity contribution in [1.29, 1.82) is 0 Å². The van der Waals surface area contributed by atoms with E-state index in [9.17, 15) is 0 Å². The molecular formula is C20H21ClN6. The van der Waals surface area contributed by atoms with Gasteiger partial charge in [-0.05, 0) is 43.3 Å². The van der Waals surface area contributed by atoms with Crippen LogP contribution in [0.2, 0.25) is 5.02 Å². The first-order valence-electron chi connectivity index (χ1n) is 8.70. The van der Waals surface area contributed by atoms with Gasteiger partial charge in [-0.3, -0.25) is 5.10 Å². The van der Waals surface area contributed by atoms with Gasteiger partial charge in [0.1, 0.15) is 0 Å². The molecule has 0 amide bonds. The normalized spacial score (nSPS) is 16.1. The highest BCUT2D eigenvalue weighted by atomic mass is 35.5. The molecule has 7 heteroatoms. The van der Waals surface area contributed by atoms with E-state index >= 15 is 0 Å². The molecule has 4 rings (SSSR count). The second kappa shape index (κ2) is 6.98. The zero-order chi connectivity index (χ0) is 19.0. The third-order valence-corrected chi connectivity index (χ3v) is 4.97. The van der Waals surface area contributed by atoms with Gasteiger partial charge in [-0.25, -0.2) is 5.84 Å². The van der Waals surface area contributed by atoms with Crippen LogP contribution in [-0.4, -0.2) is 28.3 Å². The average molecular weight is 381 g/mol. The Labute approximate surface area is 163 Å². The van der Waals surface area contributed by atoms with Gasteiger partial charge in [0.15, 0.2) is 0 Å². The van der Waals surface area contributed by atoms with E-state index in [2.05, 4.69) is 33.3 Å². The number of hydrogen-bond acceptors (Lipinski definition) is 5. The number of hydrazine groups is 1. The van der Waals surface area contributed by atoms with Crippen molar-refractivity contribution in [2.24, 2.45) is 11.6 Å². The molecule has 0 spiro atoms. The lowest BCUT2D eigenvalue weighted by Crippen LogP contribution is -2.34. The number of fused-ring (bicyclic) bond motifs is 1. The summed E-state index contributed by atoms with van der Waals surface area (Å²) in [6.07, 6.45) is 1.74. The van der Waals surface area contributed by atoms with Gasteiger partial charge in [0.2, 0.25) is 0 Å². The van der Waals surface area contributed by atoms with Crippen LogP contribution in [0.3, 0.4) is 0 Å². The number of allylic oxidation sites excluding steroid dienone is 1. The minimum absolute atomic E-state index is 0.639. The van der Waals surface area contributed by atoms with Crippen LogP contribution < -0.4 is 16.5 Å². The summed E-state index contributed by atoms with van der Waals surface area (Å²) in [6, 6.07) is 16.0. The van der Waals surface area contributed by atoms with Crippen molar-refractivity contribution in [3.63, 3.8) is 0 Å². The number of nitrogens with zero attached hydrogens (tertiary/aromatic N) is 3. The molecule has 2 heterocycles. The van der Waals surface area contributed by atoms with E-state index < -0.39 is 0 Å². The summed E-state index contributed by atoms with van der Waals surface area (Å²) in [5.74, 6) is 6.32. The van der Waals surface area contributed by atoms with Crippen LogP contribution in [0.15, 0.2) is 60.4 Å². The van der Waals surface area contributed by atoms with Crippen molar-refractivity contribution in [2.75, 3.05) is 18.0 Å². The number of rotatable bonds is 2. The van der Waals surface area contributed by atoms with Gasteiger partial charge in [-0.1, -0.05) is 23.7 Å². The highest BCUT2D eigenvalue weighted by Gasteiger charge is 2.25. The Morgan fingerprint density at radius 1 is 1.11 bits per heavy atom. The maximum atomic E-state index is 6.32. The second-order valence-corrected chi connectivity index (χ2v) is 6.99. The topological polar surface area (TPSA) is 87.2 Å². The summed E-state index contributed by atoms with van der Waals surface area (Å²) in [7, 11) is 0. The van der Waals surface area contributed by atoms with E-state index in [0.717, 1.165) is 33.9 Å². The maximum absolute atomic E-state index is 6.32. The molecule has 0 saturated carbocycles. The number of nitrogens with two attached hydrogens (primary N) is 2. The first kappa shape index (κ1) is 17.5. The fraction of sp³-hybridized carbons (Fsp3) is 0.150. The van der Waals surface area contributed by atoms with Crippen molar-refractivity contribution < 1.29 is 0 Å². The van der Waals surface area contributed by atoms with Crippen molar-refractivity contribution in [1.82, 2.24) is 15.2 Å². The van der Waals surface area contributed by atoms with Crippen molar-refractivity contribution in [2.45, 2.75) is 6.92 Å². The minimum Gasteiger partial charge on any atom is -0.401 e. The first-order valence-corrected chi connectivity index (χ1v) is 9.08. The van der Waals surface area contributed by atoms with E-state index in [1.165, 1.54) is 0 Å². The summed E-state index contributed by atoms with van der Waals surface area (Å²) in [4.78, 5) is 2.24. The molecule has 0 fully saturated rings. The van der Waals surface area contributed by atoms with Crippen LogP contribution in [0.5, 0.6) is 0 Å². The van der Waals surface area contributed by atoms with E-state index in [-0.39, 0.29) is 0 Å². The Hall–Kier alpha value is -2.96. The smallest absolute Gasteiger partial charge is 0.0795 e. The first-order chi connectivity index (χ1) is 13.0. The molecule has 138 valence electrons. The number of hydrogen-bond donors (Lipinski definition) is 3. The zero-order valence-electron chi connectivity index (χ0n) is 15.0. The fourth-order valence-corrected chi connectivity index (χ4v) is 3.59. The molecule has 1 aromatic heterocycles. The lowest BCUT2D eigenvalue weighted by molar-refractivity contribution is 0.428. The third-order valence-electron chi connectivity index (χ3n) is 4.72. The van der Waals surface area contributed by atoms with Gasteiger partial charge in [-0.15, -0.1) is 0 Å². The molecule has 5 N–H and O–H groups in total. The van der Waals surface area contributed by atoms with Gasteiger partial charge >= 0.3 is 0 Å². The highest BCUT2D eigenvalue weighted by molar-refractivity contribution is 6.30. The predicted octanol–water partition coefficient (Wildman–Crippen LogP) is 3.70. The van der Waals surface area contributed by atoms with E-state index in [0.29, 0.717) is 23.8 Å². The molecule has 0 radical (unpaired) electrons. The Kier molecular flexibility index (Phi) is 4.51. The van der Waals surface area contributed by atoms with Crippen molar-refractivity contribution in [3.05, 3.63) is 71.0 Å². The van der Waals surface area contributed by atoms with E-state index in [1.54, 1.807) is 11.2 Å². The summed E-state index contributed by atoms with van der Waals surface area (Å²) in [6.45, 7) is 3.23. The zero-order valence-corrected chi connectivity index (χ0v) is 15.7. The number of benzene rings is 2. The standard InChI is InChI=1S/C20H21ClN6/c1-13(22)20-17-7-2-14(18-8-9-24-25-18)12-19(17)26(10-11-27(20)23)16-5-3-15(21)4-6-16/h2-9,12H,10-11,22-23H2,1H3,(H,24,25)/b20-13-. The number of aromatic amines is 1. The van der Waals surface area contributed by atoms with Crippen LogP contribution >= 0.6 is 11.6 Å². The number of aromatic nitrogens is 2. The Morgan fingerprint density at radius 2 is 1.89 bits per heavy atom. The molecule has 6 nitrogen and oxygen atoms in total. The monoisotopic (exact) mass is 380 g/mol. The Bertz CT molecular complexity index is 974. The van der Waals surface area contributed by atoms with Gasteiger partial charge in [-0.2, -0.15) is 5.10 Å². The lowest BCUT2D eigenvalue weighted by Gasteiger charge is -2.25. The SMILES string of the molecule is C/C(N)=C1\c2ccc(-c3ccn[nH]3)cc2N(c2ccc(Cl)cc2)CCN1N. The van der Waals surface area contributed by atoms with Crippen LogP contribution in [-0.2, 0) is 0 Å². The third kappa shape index (κ3) is 3.25. The van der Waals surface area contributed by atoms with Crippen LogP contribution in [0, 0.1) is 0 Å². The Morgan fingerprint density at radius 3 is 2.56 bits per heavy atom. The summed E-state index contributed by atoms with van der Waals surface area (Å²) in [5.41, 5.74) is 12.8. The van der Waals surface area contributed by atoms with Gasteiger partial charge in [0, 0.05) is 40.3 Å². The average Bonchev–Trinajstić information content (AvgIpc) is 3.14. The van der Waals surface area contributed by atoms with Crippen LogP contribution in [0.25, 0.3) is 17.0 Å². The molecule has 1 aliphatic rings. The van der Waals surface area contributed by atoms with Crippen molar-refractivity contribution >= 4 is 28.7 Å². The quantitative estimate of drug-likeness (QED) is 0.590. The summed E-state index contributed by atoms with van der Waals surface area (Å²) in [5, 5.41) is 9.51. The van der Waals surface area contributed by atoms with Crippen LogP contribution in [0.4, 0.5) is 11.4 Å². The second-order valence-electron chi connectivity index (χ2n) is 6.56. The Balaban J connectivity index is 1.92. The number of nitrogens with one attached hydrogen (secondary N) is 1. The molecule has 0 aliphatic carbocycles. The van der Waals surface area contributed by atoms with Gasteiger partial charge in [0.25, 0.3) is 0 Å². The number of anilines is 2. The van der Waals surface area contributed by atoms with E-state index in [1.807, 2.05) is 37.3 Å². The molecule has 0 saturated heterocycles. The highest BCUT2D eigenvalue weighted by Crippen LogP contribution is 2.39. The molecule has 0 bridgehead atoms. The molecule has 1 aliphatic heterocycles. The van der Waals surface area contributed by atoms with Gasteiger partial charge in [0.05, 0.1) is 23.6 Å². The summed E-state index contributed by atoms with van der Waals surface area (Å²) < 4.78 is 0. The van der Waals surface area contributed by atoms with Crippen LogP contribution in [0.1, 0.15) is 12.5 Å².